The molecular formula is C12H16BrNO. The van der Waals surface area contributed by atoms with E-state index in [9.17, 15) is 0 Å². The molecule has 15 heavy (non-hydrogen) atoms. The van der Waals surface area contributed by atoms with Gasteiger partial charge < -0.3 is 10.5 Å². The Morgan fingerprint density at radius 3 is 2.80 bits per heavy atom. The predicted molar refractivity (Wildman–Crippen MR) is 65.0 cm³/mol. The van der Waals surface area contributed by atoms with Crippen LogP contribution in [0.1, 0.15) is 25.7 Å². The fraction of sp³-hybridized carbons (Fsp3) is 0.500. The zero-order valence-electron chi connectivity index (χ0n) is 8.66. The molecule has 1 saturated carbocycles. The van der Waals surface area contributed by atoms with Crippen LogP contribution >= 0.6 is 15.9 Å². The van der Waals surface area contributed by atoms with Crippen LogP contribution in [0.25, 0.3) is 0 Å². The van der Waals surface area contributed by atoms with Crippen molar-refractivity contribution in [3.05, 3.63) is 28.7 Å². The van der Waals surface area contributed by atoms with Gasteiger partial charge in [0.05, 0.1) is 4.47 Å². The molecule has 3 heteroatoms. The van der Waals surface area contributed by atoms with Crippen molar-refractivity contribution in [3.8, 4) is 5.75 Å². The van der Waals surface area contributed by atoms with Crippen molar-refractivity contribution in [1.29, 1.82) is 0 Å². The molecule has 0 heterocycles. The summed E-state index contributed by atoms with van der Waals surface area (Å²) in [6, 6.07) is 8.28. The van der Waals surface area contributed by atoms with Gasteiger partial charge in [-0.1, -0.05) is 12.1 Å². The van der Waals surface area contributed by atoms with Crippen LogP contribution in [-0.2, 0) is 0 Å². The van der Waals surface area contributed by atoms with E-state index >= 15 is 0 Å². The molecule has 1 aromatic carbocycles. The maximum Gasteiger partial charge on any atom is 0.133 e. The van der Waals surface area contributed by atoms with Gasteiger partial charge in [0, 0.05) is 6.04 Å². The Hall–Kier alpha value is -0.540. The maximum atomic E-state index is 5.93. The van der Waals surface area contributed by atoms with Gasteiger partial charge in [-0.05, 0) is 53.7 Å². The summed E-state index contributed by atoms with van der Waals surface area (Å²) in [5.41, 5.74) is 5.93. The number of benzene rings is 1. The van der Waals surface area contributed by atoms with E-state index < -0.39 is 0 Å². The Bertz CT molecular complexity index is 329. The first-order valence-electron chi connectivity index (χ1n) is 5.42. The molecule has 0 spiro atoms. The summed E-state index contributed by atoms with van der Waals surface area (Å²) >= 11 is 3.48. The van der Waals surface area contributed by atoms with Crippen LogP contribution in [0, 0.1) is 0 Å². The molecule has 1 aliphatic carbocycles. The lowest BCUT2D eigenvalue weighted by Crippen LogP contribution is -2.33. The number of ether oxygens (including phenoxy) is 1. The lowest BCUT2D eigenvalue weighted by Gasteiger charge is -2.27. The van der Waals surface area contributed by atoms with Crippen LogP contribution in [0.2, 0.25) is 0 Å². The zero-order valence-corrected chi connectivity index (χ0v) is 10.2. The molecular weight excluding hydrogens is 254 g/mol. The zero-order chi connectivity index (χ0) is 10.7. The van der Waals surface area contributed by atoms with Crippen molar-refractivity contribution in [2.45, 2.75) is 37.8 Å². The standard InChI is InChI=1S/C12H16BrNO/c13-11-6-1-2-7-12(11)15-10-5-3-4-9(14)8-10/h1-2,6-7,9-10H,3-5,8,14H2. The summed E-state index contributed by atoms with van der Waals surface area (Å²) < 4.78 is 6.95. The van der Waals surface area contributed by atoms with Crippen LogP contribution in [0.3, 0.4) is 0 Å². The third-order valence-electron chi connectivity index (χ3n) is 2.80. The normalized spacial score (nSPS) is 26.3. The second-order valence-corrected chi connectivity index (χ2v) is 4.95. The molecule has 1 aromatic rings. The van der Waals surface area contributed by atoms with Gasteiger partial charge in [-0.3, -0.25) is 0 Å². The molecule has 82 valence electrons. The summed E-state index contributed by atoms with van der Waals surface area (Å²) in [6.45, 7) is 0. The predicted octanol–water partition coefficient (Wildman–Crippen LogP) is 3.10. The van der Waals surface area contributed by atoms with Crippen molar-refractivity contribution in [2.24, 2.45) is 5.73 Å². The Balaban J connectivity index is 1.99. The minimum Gasteiger partial charge on any atom is -0.489 e. The third kappa shape index (κ3) is 2.95. The summed E-state index contributed by atoms with van der Waals surface area (Å²) in [4.78, 5) is 0. The number of hydrogen-bond acceptors (Lipinski definition) is 2. The largest absolute Gasteiger partial charge is 0.489 e. The molecule has 1 fully saturated rings. The van der Waals surface area contributed by atoms with Crippen LogP contribution < -0.4 is 10.5 Å². The Kier molecular flexibility index (Phi) is 3.65. The van der Waals surface area contributed by atoms with E-state index in [1.54, 1.807) is 0 Å². The maximum absolute atomic E-state index is 5.93. The first-order valence-corrected chi connectivity index (χ1v) is 6.22. The van der Waals surface area contributed by atoms with E-state index in [2.05, 4.69) is 15.9 Å². The van der Waals surface area contributed by atoms with E-state index in [0.29, 0.717) is 6.04 Å². The molecule has 2 atom stereocenters. The molecule has 0 aromatic heterocycles. The summed E-state index contributed by atoms with van der Waals surface area (Å²) in [5.74, 6) is 0.927. The summed E-state index contributed by atoms with van der Waals surface area (Å²) in [6.07, 6.45) is 4.69. The van der Waals surface area contributed by atoms with E-state index in [1.165, 1.54) is 6.42 Å². The third-order valence-corrected chi connectivity index (χ3v) is 3.45. The number of rotatable bonds is 2. The van der Waals surface area contributed by atoms with Gasteiger partial charge in [-0.2, -0.15) is 0 Å². The van der Waals surface area contributed by atoms with Crippen LogP contribution in [0.4, 0.5) is 0 Å². The van der Waals surface area contributed by atoms with Crippen molar-refractivity contribution >= 4 is 15.9 Å². The van der Waals surface area contributed by atoms with Crippen LogP contribution in [0.5, 0.6) is 5.75 Å². The Labute approximate surface area is 98.9 Å². The van der Waals surface area contributed by atoms with Crippen molar-refractivity contribution in [2.75, 3.05) is 0 Å². The second-order valence-electron chi connectivity index (χ2n) is 4.10. The first kappa shape index (κ1) is 11.0. The molecule has 2 nitrogen and oxygen atoms in total. The first-order chi connectivity index (χ1) is 7.25. The van der Waals surface area contributed by atoms with Gasteiger partial charge in [0.15, 0.2) is 0 Å². The van der Waals surface area contributed by atoms with Crippen LogP contribution in [-0.4, -0.2) is 12.1 Å². The Morgan fingerprint density at radius 1 is 1.27 bits per heavy atom. The number of halogens is 1. The van der Waals surface area contributed by atoms with E-state index in [1.807, 2.05) is 24.3 Å². The van der Waals surface area contributed by atoms with Crippen molar-refractivity contribution in [3.63, 3.8) is 0 Å². The number of hydrogen-bond donors (Lipinski definition) is 1. The molecule has 2 rings (SSSR count). The SMILES string of the molecule is NC1CCCC(Oc2ccccc2Br)C1. The molecule has 2 N–H and O–H groups in total. The summed E-state index contributed by atoms with van der Waals surface area (Å²) in [7, 11) is 0. The molecule has 0 radical (unpaired) electrons. The average Bonchev–Trinajstić information content (AvgIpc) is 2.22. The summed E-state index contributed by atoms with van der Waals surface area (Å²) in [5, 5.41) is 0. The number of para-hydroxylation sites is 1. The monoisotopic (exact) mass is 269 g/mol. The minimum absolute atomic E-state index is 0.285. The van der Waals surface area contributed by atoms with Gasteiger partial charge >= 0.3 is 0 Å². The lowest BCUT2D eigenvalue weighted by atomic mass is 9.93. The highest BCUT2D eigenvalue weighted by molar-refractivity contribution is 9.10. The molecule has 2 unspecified atom stereocenters. The van der Waals surface area contributed by atoms with Gasteiger partial charge in [0.1, 0.15) is 11.9 Å². The topological polar surface area (TPSA) is 35.2 Å². The van der Waals surface area contributed by atoms with Gasteiger partial charge in [-0.25, -0.2) is 0 Å². The van der Waals surface area contributed by atoms with E-state index in [4.69, 9.17) is 10.5 Å². The van der Waals surface area contributed by atoms with Gasteiger partial charge in [0.2, 0.25) is 0 Å². The van der Waals surface area contributed by atoms with E-state index in [0.717, 1.165) is 29.5 Å². The smallest absolute Gasteiger partial charge is 0.133 e. The molecule has 1 aliphatic rings. The molecule has 0 aliphatic heterocycles. The molecule has 0 bridgehead atoms. The van der Waals surface area contributed by atoms with E-state index in [-0.39, 0.29) is 6.10 Å². The van der Waals surface area contributed by atoms with Gasteiger partial charge in [0.25, 0.3) is 0 Å². The molecule has 0 amide bonds. The van der Waals surface area contributed by atoms with Crippen molar-refractivity contribution < 1.29 is 4.74 Å². The fourth-order valence-corrected chi connectivity index (χ4v) is 2.39. The highest BCUT2D eigenvalue weighted by Gasteiger charge is 2.20. The van der Waals surface area contributed by atoms with Gasteiger partial charge in [-0.15, -0.1) is 0 Å². The Morgan fingerprint density at radius 2 is 2.07 bits per heavy atom. The highest BCUT2D eigenvalue weighted by Crippen LogP contribution is 2.28. The minimum atomic E-state index is 0.285. The average molecular weight is 270 g/mol. The quantitative estimate of drug-likeness (QED) is 0.896. The number of nitrogens with two attached hydrogens (primary N) is 1. The second kappa shape index (κ2) is 4.99. The van der Waals surface area contributed by atoms with Crippen molar-refractivity contribution in [1.82, 2.24) is 0 Å². The fourth-order valence-electron chi connectivity index (χ4n) is 2.01. The lowest BCUT2D eigenvalue weighted by molar-refractivity contribution is 0.143. The molecule has 0 saturated heterocycles. The van der Waals surface area contributed by atoms with Crippen LogP contribution in [0.15, 0.2) is 28.7 Å². The highest BCUT2D eigenvalue weighted by atomic mass is 79.9.